The molecule has 4 aromatic carbocycles. The molecule has 7 rings (SSSR count). The summed E-state index contributed by atoms with van der Waals surface area (Å²) in [7, 11) is 1.55. The SMILES string of the molecule is COc1cc(C2CN(C(=O)N(Cc3ccc(C(=O)NO)cc3)c3cccc(C4CCOCC4)c3)CCO2)cc(N(Cc2ccc(C(=O)NO)cc2)C(=O)N2CCOCC2)c1. The number of benzene rings is 4. The van der Waals surface area contributed by atoms with Crippen molar-refractivity contribution >= 4 is 35.3 Å². The molecule has 316 valence electrons. The smallest absolute Gasteiger partial charge is 0.324 e. The summed E-state index contributed by atoms with van der Waals surface area (Å²) in [6.45, 7) is 4.21. The van der Waals surface area contributed by atoms with Crippen LogP contribution in [-0.4, -0.2) is 110 Å². The molecule has 0 bridgehead atoms. The molecule has 3 saturated heterocycles. The predicted molar refractivity (Wildman–Crippen MR) is 219 cm³/mol. The zero-order valence-electron chi connectivity index (χ0n) is 33.5. The highest BCUT2D eigenvalue weighted by atomic mass is 16.5. The van der Waals surface area contributed by atoms with Crippen LogP contribution < -0.4 is 25.5 Å². The van der Waals surface area contributed by atoms with Gasteiger partial charge >= 0.3 is 12.1 Å². The Labute approximate surface area is 348 Å². The van der Waals surface area contributed by atoms with Crippen molar-refractivity contribution in [1.29, 1.82) is 0 Å². The van der Waals surface area contributed by atoms with E-state index in [2.05, 4.69) is 12.1 Å². The molecular formula is C44H50N6O10. The normalized spacial score (nSPS) is 17.1. The number of morpholine rings is 2. The number of carbonyl (C=O) groups is 4. The van der Waals surface area contributed by atoms with Crippen molar-refractivity contribution in [2.45, 2.75) is 38.0 Å². The molecule has 3 heterocycles. The number of anilines is 2. The van der Waals surface area contributed by atoms with E-state index in [1.165, 1.54) is 0 Å². The van der Waals surface area contributed by atoms with Gasteiger partial charge in [-0.25, -0.2) is 20.5 Å². The van der Waals surface area contributed by atoms with Crippen molar-refractivity contribution in [2.75, 3.05) is 76.1 Å². The fourth-order valence-corrected chi connectivity index (χ4v) is 7.72. The average Bonchev–Trinajstić information content (AvgIpc) is 3.32. The van der Waals surface area contributed by atoms with Crippen LogP contribution in [0.25, 0.3) is 0 Å². The van der Waals surface area contributed by atoms with E-state index >= 15 is 0 Å². The lowest BCUT2D eigenvalue weighted by Crippen LogP contribution is -2.49. The van der Waals surface area contributed by atoms with Gasteiger partial charge in [0.05, 0.1) is 46.6 Å². The first-order valence-electron chi connectivity index (χ1n) is 20.0. The summed E-state index contributed by atoms with van der Waals surface area (Å²) < 4.78 is 23.2. The van der Waals surface area contributed by atoms with E-state index < -0.39 is 17.9 Å². The van der Waals surface area contributed by atoms with E-state index in [1.54, 1.807) is 92.3 Å². The van der Waals surface area contributed by atoms with Crippen LogP contribution in [0.3, 0.4) is 0 Å². The number of hydroxylamine groups is 2. The van der Waals surface area contributed by atoms with E-state index in [9.17, 15) is 19.2 Å². The van der Waals surface area contributed by atoms with Crippen LogP contribution in [0.5, 0.6) is 5.75 Å². The number of nitrogens with zero attached hydrogens (tertiary/aromatic N) is 4. The largest absolute Gasteiger partial charge is 0.497 e. The molecule has 0 saturated carbocycles. The van der Waals surface area contributed by atoms with Crippen LogP contribution in [0.15, 0.2) is 91.0 Å². The van der Waals surface area contributed by atoms with Crippen LogP contribution in [0, 0.1) is 0 Å². The quantitative estimate of drug-likeness (QED) is 0.112. The van der Waals surface area contributed by atoms with Gasteiger partial charge in [-0.2, -0.15) is 0 Å². The molecular weight excluding hydrogens is 773 g/mol. The Balaban J connectivity index is 1.17. The van der Waals surface area contributed by atoms with Crippen molar-refractivity contribution < 1.29 is 48.5 Å². The Morgan fingerprint density at radius 1 is 0.667 bits per heavy atom. The molecule has 0 aromatic heterocycles. The minimum Gasteiger partial charge on any atom is -0.497 e. The number of methoxy groups -OCH3 is 1. The van der Waals surface area contributed by atoms with E-state index in [1.807, 2.05) is 24.3 Å². The maximum absolute atomic E-state index is 14.8. The lowest BCUT2D eigenvalue weighted by molar-refractivity contribution is -0.0145. The van der Waals surface area contributed by atoms with Gasteiger partial charge in [-0.3, -0.25) is 29.8 Å². The summed E-state index contributed by atoms with van der Waals surface area (Å²) in [5, 5.41) is 18.2. The Bertz CT molecular complexity index is 2120. The minimum absolute atomic E-state index is 0.160. The minimum atomic E-state index is -0.643. The van der Waals surface area contributed by atoms with E-state index in [0.717, 1.165) is 35.2 Å². The zero-order valence-corrected chi connectivity index (χ0v) is 33.5. The third-order valence-corrected chi connectivity index (χ3v) is 11.1. The van der Waals surface area contributed by atoms with Gasteiger partial charge in [-0.1, -0.05) is 36.4 Å². The molecule has 16 heteroatoms. The molecule has 3 aliphatic rings. The van der Waals surface area contributed by atoms with Crippen LogP contribution in [0.4, 0.5) is 21.0 Å². The Morgan fingerprint density at radius 3 is 1.82 bits per heavy atom. The number of hydrogen-bond donors (Lipinski definition) is 4. The van der Waals surface area contributed by atoms with Gasteiger partial charge in [0, 0.05) is 61.4 Å². The first-order chi connectivity index (χ1) is 29.2. The molecule has 16 nitrogen and oxygen atoms in total. The monoisotopic (exact) mass is 822 g/mol. The third-order valence-electron chi connectivity index (χ3n) is 11.1. The first kappa shape index (κ1) is 42.1. The van der Waals surface area contributed by atoms with Gasteiger partial charge in [-0.05, 0) is 89.5 Å². The molecule has 1 atom stereocenters. The maximum Gasteiger partial charge on any atom is 0.324 e. The molecule has 0 spiro atoms. The number of hydrogen-bond acceptors (Lipinski definition) is 10. The summed E-state index contributed by atoms with van der Waals surface area (Å²) in [6.07, 6.45) is 1.22. The van der Waals surface area contributed by atoms with E-state index in [0.29, 0.717) is 69.0 Å². The Kier molecular flexibility index (Phi) is 13.9. The molecule has 60 heavy (non-hydrogen) atoms. The van der Waals surface area contributed by atoms with Gasteiger partial charge in [0.15, 0.2) is 0 Å². The lowest BCUT2D eigenvalue weighted by Gasteiger charge is -2.37. The van der Waals surface area contributed by atoms with Gasteiger partial charge in [0.25, 0.3) is 11.8 Å². The molecule has 3 fully saturated rings. The maximum atomic E-state index is 14.8. The molecule has 1 unspecified atom stereocenters. The molecule has 0 radical (unpaired) electrons. The van der Waals surface area contributed by atoms with Gasteiger partial charge in [-0.15, -0.1) is 0 Å². The first-order valence-corrected chi connectivity index (χ1v) is 20.0. The fourth-order valence-electron chi connectivity index (χ4n) is 7.72. The zero-order chi connectivity index (χ0) is 42.0. The Morgan fingerprint density at radius 2 is 1.22 bits per heavy atom. The van der Waals surface area contributed by atoms with Crippen molar-refractivity contribution in [3.63, 3.8) is 0 Å². The standard InChI is InChI=1S/C44H50N6O10/c1-57-39-25-36(24-38(26-39)50(43(53)47-15-20-59-21-16-47)28-31-7-11-34(12-8-31)42(52)46-56)40-29-48(17-22-60-40)44(54)49(27-30-5-9-33(10-6-30)41(51)45-55)37-4-2-3-35(23-37)32-13-18-58-19-14-32/h2-12,23-26,32,40,55-56H,13-22,27-29H2,1H3,(H,45,51)(H,46,52). The van der Waals surface area contributed by atoms with Crippen LogP contribution in [-0.2, 0) is 27.3 Å². The summed E-state index contributed by atoms with van der Waals surface area (Å²) in [6, 6.07) is 26.4. The number of rotatable bonds is 11. The number of amides is 6. The summed E-state index contributed by atoms with van der Waals surface area (Å²) in [5.41, 5.74) is 8.49. The van der Waals surface area contributed by atoms with Crippen LogP contribution in [0.2, 0.25) is 0 Å². The topological polar surface area (TPSA) is 183 Å². The van der Waals surface area contributed by atoms with Crippen molar-refractivity contribution in [3.8, 4) is 5.75 Å². The Hall–Kier alpha value is -6.04. The number of carbonyl (C=O) groups excluding carboxylic acids is 4. The van der Waals surface area contributed by atoms with Gasteiger partial charge < -0.3 is 28.7 Å². The highest BCUT2D eigenvalue weighted by Crippen LogP contribution is 2.34. The van der Waals surface area contributed by atoms with Gasteiger partial charge in [0.2, 0.25) is 0 Å². The van der Waals surface area contributed by atoms with Crippen molar-refractivity contribution in [2.24, 2.45) is 0 Å². The number of nitrogens with one attached hydrogen (secondary N) is 2. The lowest BCUT2D eigenvalue weighted by atomic mass is 9.91. The predicted octanol–water partition coefficient (Wildman–Crippen LogP) is 5.49. The molecule has 4 aromatic rings. The second kappa shape index (κ2) is 19.8. The van der Waals surface area contributed by atoms with Crippen molar-refractivity contribution in [3.05, 3.63) is 124 Å². The van der Waals surface area contributed by atoms with Gasteiger partial charge in [0.1, 0.15) is 11.9 Å². The van der Waals surface area contributed by atoms with Crippen molar-refractivity contribution in [1.82, 2.24) is 20.8 Å². The van der Waals surface area contributed by atoms with E-state index in [4.69, 9.17) is 29.4 Å². The summed E-state index contributed by atoms with van der Waals surface area (Å²) in [4.78, 5) is 59.9. The van der Waals surface area contributed by atoms with Crippen LogP contribution in [0.1, 0.15) is 67.8 Å². The highest BCUT2D eigenvalue weighted by molar-refractivity contribution is 5.95. The number of urea groups is 2. The highest BCUT2D eigenvalue weighted by Gasteiger charge is 2.32. The molecule has 6 amide bonds. The van der Waals surface area contributed by atoms with E-state index in [-0.39, 0.29) is 49.4 Å². The van der Waals surface area contributed by atoms with Crippen LogP contribution >= 0.6 is 0 Å². The summed E-state index contributed by atoms with van der Waals surface area (Å²) in [5.74, 6) is -0.469. The summed E-state index contributed by atoms with van der Waals surface area (Å²) >= 11 is 0. The third kappa shape index (κ3) is 10.0. The average molecular weight is 823 g/mol. The molecule has 4 N–H and O–H groups in total. The fraction of sp³-hybridized carbons (Fsp3) is 0.364. The molecule has 0 aliphatic carbocycles. The second-order valence-corrected chi connectivity index (χ2v) is 14.9. The number of ether oxygens (including phenoxy) is 4. The second-order valence-electron chi connectivity index (χ2n) is 14.9. The molecule has 3 aliphatic heterocycles.